The predicted octanol–water partition coefficient (Wildman–Crippen LogP) is 2.46. The van der Waals surface area contributed by atoms with Gasteiger partial charge in [-0.1, -0.05) is 43.7 Å². The Morgan fingerprint density at radius 1 is 1.35 bits per heavy atom. The average molecular weight is 293 g/mol. The quantitative estimate of drug-likeness (QED) is 0.906. The highest BCUT2D eigenvalue weighted by Crippen LogP contribution is 2.29. The largest absolute Gasteiger partial charge is 0.386 e. The minimum atomic E-state index is -0.669. The van der Waals surface area contributed by atoms with Gasteiger partial charge in [0, 0.05) is 5.75 Å². The number of thioether (sulfide) groups is 1. The van der Waals surface area contributed by atoms with Crippen molar-refractivity contribution in [1.82, 2.24) is 4.90 Å². The monoisotopic (exact) mass is 293 g/mol. The van der Waals surface area contributed by atoms with Crippen molar-refractivity contribution in [3.8, 4) is 0 Å². The standard InChI is InChI=1S/C16H23NO2S/c1-12(2)16(19)10-17(11-16)15(18)9-20-8-14-6-4-13(3)5-7-14/h4-7,12,19H,8-11H2,1-3H3. The summed E-state index contributed by atoms with van der Waals surface area (Å²) in [6, 6.07) is 8.40. The second-order valence-electron chi connectivity index (χ2n) is 5.99. The molecule has 0 spiro atoms. The van der Waals surface area contributed by atoms with Crippen LogP contribution < -0.4 is 0 Å². The molecule has 1 amide bonds. The number of hydrogen-bond donors (Lipinski definition) is 1. The molecular formula is C16H23NO2S. The van der Waals surface area contributed by atoms with E-state index in [0.29, 0.717) is 18.8 Å². The summed E-state index contributed by atoms with van der Waals surface area (Å²) in [4.78, 5) is 13.7. The van der Waals surface area contributed by atoms with Crippen molar-refractivity contribution in [2.75, 3.05) is 18.8 Å². The third kappa shape index (κ3) is 3.55. The van der Waals surface area contributed by atoms with Crippen molar-refractivity contribution in [1.29, 1.82) is 0 Å². The lowest BCUT2D eigenvalue weighted by Crippen LogP contribution is -2.66. The maximum absolute atomic E-state index is 12.0. The molecule has 0 aromatic heterocycles. The molecule has 0 radical (unpaired) electrons. The van der Waals surface area contributed by atoms with Crippen LogP contribution in [-0.4, -0.2) is 40.4 Å². The highest BCUT2D eigenvalue weighted by Gasteiger charge is 2.45. The molecule has 0 atom stereocenters. The highest BCUT2D eigenvalue weighted by molar-refractivity contribution is 7.99. The van der Waals surface area contributed by atoms with Crippen LogP contribution in [0.3, 0.4) is 0 Å². The Kier molecular flexibility index (Phi) is 4.76. The van der Waals surface area contributed by atoms with Crippen molar-refractivity contribution in [3.63, 3.8) is 0 Å². The Hall–Kier alpha value is -1.00. The van der Waals surface area contributed by atoms with Gasteiger partial charge in [-0.05, 0) is 18.4 Å². The van der Waals surface area contributed by atoms with Crippen molar-refractivity contribution in [3.05, 3.63) is 35.4 Å². The van der Waals surface area contributed by atoms with Gasteiger partial charge in [-0.3, -0.25) is 4.79 Å². The second-order valence-corrected chi connectivity index (χ2v) is 6.97. The van der Waals surface area contributed by atoms with Gasteiger partial charge in [-0.15, -0.1) is 11.8 Å². The summed E-state index contributed by atoms with van der Waals surface area (Å²) in [5.41, 5.74) is 1.83. The van der Waals surface area contributed by atoms with Gasteiger partial charge in [0.05, 0.1) is 18.8 Å². The molecule has 0 saturated carbocycles. The van der Waals surface area contributed by atoms with Gasteiger partial charge in [0.2, 0.25) is 5.91 Å². The average Bonchev–Trinajstić information content (AvgIpc) is 2.37. The summed E-state index contributed by atoms with van der Waals surface area (Å²) in [6.07, 6.45) is 0. The number of aliphatic hydroxyl groups is 1. The molecule has 20 heavy (non-hydrogen) atoms. The number of hydrogen-bond acceptors (Lipinski definition) is 3. The normalized spacial score (nSPS) is 17.1. The van der Waals surface area contributed by atoms with Crippen LogP contribution in [0, 0.1) is 12.8 Å². The first kappa shape index (κ1) is 15.4. The maximum atomic E-state index is 12.0. The SMILES string of the molecule is Cc1ccc(CSCC(=O)N2CC(O)(C(C)C)C2)cc1. The number of amides is 1. The van der Waals surface area contributed by atoms with Gasteiger partial charge < -0.3 is 10.0 Å². The van der Waals surface area contributed by atoms with E-state index in [1.165, 1.54) is 11.1 Å². The molecular weight excluding hydrogens is 270 g/mol. The molecule has 1 fully saturated rings. The predicted molar refractivity (Wildman–Crippen MR) is 83.7 cm³/mol. The zero-order valence-corrected chi connectivity index (χ0v) is 13.2. The van der Waals surface area contributed by atoms with Crippen molar-refractivity contribution in [2.24, 2.45) is 5.92 Å². The van der Waals surface area contributed by atoms with Crippen LogP contribution in [0.5, 0.6) is 0 Å². The molecule has 2 rings (SSSR count). The minimum absolute atomic E-state index is 0.132. The number of carbonyl (C=O) groups excluding carboxylic acids is 1. The van der Waals surface area contributed by atoms with Crippen LogP contribution in [0.25, 0.3) is 0 Å². The van der Waals surface area contributed by atoms with E-state index in [2.05, 4.69) is 31.2 Å². The topological polar surface area (TPSA) is 40.5 Å². The third-order valence-electron chi connectivity index (χ3n) is 3.97. The Bertz CT molecular complexity index is 464. The second kappa shape index (κ2) is 6.19. The Morgan fingerprint density at radius 2 is 1.95 bits per heavy atom. The summed E-state index contributed by atoms with van der Waals surface area (Å²) in [5, 5.41) is 10.1. The summed E-state index contributed by atoms with van der Waals surface area (Å²) in [5.74, 6) is 1.68. The lowest BCUT2D eigenvalue weighted by atomic mass is 9.83. The van der Waals surface area contributed by atoms with Crippen molar-refractivity contribution in [2.45, 2.75) is 32.1 Å². The van der Waals surface area contributed by atoms with Gasteiger partial charge in [-0.2, -0.15) is 0 Å². The van der Waals surface area contributed by atoms with Crippen LogP contribution in [0.4, 0.5) is 0 Å². The fraction of sp³-hybridized carbons (Fsp3) is 0.562. The van der Waals surface area contributed by atoms with Crippen LogP contribution in [0.2, 0.25) is 0 Å². The Morgan fingerprint density at radius 3 is 2.50 bits per heavy atom. The molecule has 3 nitrogen and oxygen atoms in total. The summed E-state index contributed by atoms with van der Waals surface area (Å²) in [7, 11) is 0. The van der Waals surface area contributed by atoms with Crippen LogP contribution in [-0.2, 0) is 10.5 Å². The first-order valence-electron chi connectivity index (χ1n) is 7.04. The van der Waals surface area contributed by atoms with Crippen LogP contribution in [0.15, 0.2) is 24.3 Å². The van der Waals surface area contributed by atoms with E-state index in [1.54, 1.807) is 16.7 Å². The summed E-state index contributed by atoms with van der Waals surface area (Å²) >= 11 is 1.63. The molecule has 1 aromatic rings. The van der Waals surface area contributed by atoms with E-state index >= 15 is 0 Å². The number of nitrogens with zero attached hydrogens (tertiary/aromatic N) is 1. The zero-order chi connectivity index (χ0) is 14.8. The van der Waals surface area contributed by atoms with Crippen molar-refractivity contribution >= 4 is 17.7 Å². The van der Waals surface area contributed by atoms with Gasteiger partial charge in [0.15, 0.2) is 0 Å². The van der Waals surface area contributed by atoms with Crippen molar-refractivity contribution < 1.29 is 9.90 Å². The molecule has 110 valence electrons. The van der Waals surface area contributed by atoms with E-state index in [-0.39, 0.29) is 11.8 Å². The molecule has 1 aliphatic heterocycles. The number of benzene rings is 1. The fourth-order valence-corrected chi connectivity index (χ4v) is 3.08. The van der Waals surface area contributed by atoms with Gasteiger partial charge in [-0.25, -0.2) is 0 Å². The lowest BCUT2D eigenvalue weighted by molar-refractivity contribution is -0.161. The van der Waals surface area contributed by atoms with E-state index in [1.807, 2.05) is 13.8 Å². The van der Waals surface area contributed by atoms with Crippen LogP contribution >= 0.6 is 11.8 Å². The zero-order valence-electron chi connectivity index (χ0n) is 12.4. The number of carbonyl (C=O) groups is 1. The molecule has 1 heterocycles. The molecule has 1 aromatic carbocycles. The number of aryl methyl sites for hydroxylation is 1. The molecule has 0 bridgehead atoms. The van der Waals surface area contributed by atoms with E-state index in [4.69, 9.17) is 0 Å². The first-order valence-corrected chi connectivity index (χ1v) is 8.19. The molecule has 0 aliphatic carbocycles. The number of β-amino-alcohol motifs (C(OH)–C–C–N with tert-alkyl or cyclic N) is 1. The minimum Gasteiger partial charge on any atom is -0.386 e. The van der Waals surface area contributed by atoms with Gasteiger partial charge in [0.25, 0.3) is 0 Å². The van der Waals surface area contributed by atoms with Crippen LogP contribution in [0.1, 0.15) is 25.0 Å². The number of rotatable bonds is 5. The molecule has 0 unspecified atom stereocenters. The summed E-state index contributed by atoms with van der Waals surface area (Å²) < 4.78 is 0. The lowest BCUT2D eigenvalue weighted by Gasteiger charge is -2.49. The van der Waals surface area contributed by atoms with Gasteiger partial charge in [0.1, 0.15) is 5.60 Å². The fourth-order valence-electron chi connectivity index (χ4n) is 2.19. The molecule has 4 heteroatoms. The van der Waals surface area contributed by atoms with Gasteiger partial charge >= 0.3 is 0 Å². The maximum Gasteiger partial charge on any atom is 0.232 e. The highest BCUT2D eigenvalue weighted by atomic mass is 32.2. The molecule has 1 N–H and O–H groups in total. The number of likely N-dealkylation sites (tertiary alicyclic amines) is 1. The molecule has 1 saturated heterocycles. The summed E-state index contributed by atoms with van der Waals surface area (Å²) in [6.45, 7) is 7.02. The Balaban J connectivity index is 1.70. The van der Waals surface area contributed by atoms with E-state index < -0.39 is 5.60 Å². The first-order chi connectivity index (χ1) is 9.40. The smallest absolute Gasteiger partial charge is 0.232 e. The third-order valence-corrected chi connectivity index (χ3v) is 4.96. The van der Waals surface area contributed by atoms with E-state index in [9.17, 15) is 9.90 Å². The molecule has 1 aliphatic rings. The van der Waals surface area contributed by atoms with E-state index in [0.717, 1.165) is 5.75 Å². The Labute approximate surface area is 125 Å².